The van der Waals surface area contributed by atoms with Crippen LogP contribution < -0.4 is 0 Å². The summed E-state index contributed by atoms with van der Waals surface area (Å²) in [5.74, 6) is 0. The predicted molar refractivity (Wildman–Crippen MR) is 200 cm³/mol. The van der Waals surface area contributed by atoms with Crippen LogP contribution in [0.4, 0.5) is 0 Å². The van der Waals surface area contributed by atoms with Gasteiger partial charge in [-0.1, -0.05) is 158 Å². The van der Waals surface area contributed by atoms with Crippen molar-refractivity contribution < 1.29 is 65.4 Å². The molecule has 228 valence electrons. The molecule has 0 atom stereocenters. The van der Waals surface area contributed by atoms with Crippen molar-refractivity contribution in [3.8, 4) is 0 Å². The van der Waals surface area contributed by atoms with Crippen LogP contribution in [0.1, 0.15) is 47.9 Å². The van der Waals surface area contributed by atoms with E-state index < -0.39 is 8.07 Å². The quantitative estimate of drug-likeness (QED) is 0.0603. The summed E-state index contributed by atoms with van der Waals surface area (Å²) in [5, 5.41) is 3.38. The summed E-state index contributed by atoms with van der Waals surface area (Å²) in [6.45, 7) is 8.32. The van der Waals surface area contributed by atoms with Gasteiger partial charge in [-0.25, -0.2) is 0 Å². The van der Waals surface area contributed by atoms with Crippen LogP contribution in [-0.2, 0) is 65.4 Å². The van der Waals surface area contributed by atoms with Gasteiger partial charge in [0.25, 0.3) is 0 Å². The summed E-state index contributed by atoms with van der Waals surface area (Å²) in [7, 11) is -2.30. The van der Waals surface area contributed by atoms with Gasteiger partial charge >= 0.3 is 0 Å². The SMILES string of the molecule is [CH2-]CC[SiH2]CCC[Si]1(CCC[SiH2]CC[CH2-])C(c2ccccc2)=C(c2ccccc2)C(c2ccccc2)=C1c1ccccc1.[Y].[Y]. The summed E-state index contributed by atoms with van der Waals surface area (Å²) in [5.41, 5.74) is 8.60. The number of rotatable bonds is 16. The first-order valence-electron chi connectivity index (χ1n) is 16.6. The molecule has 0 fully saturated rings. The summed E-state index contributed by atoms with van der Waals surface area (Å²) >= 11 is 0. The molecule has 0 saturated heterocycles. The number of benzene rings is 4. The average molecular weight is 791 g/mol. The minimum absolute atomic E-state index is 0. The molecule has 0 amide bonds. The van der Waals surface area contributed by atoms with E-state index in [1.807, 2.05) is 0 Å². The van der Waals surface area contributed by atoms with Gasteiger partial charge in [-0.2, -0.15) is 12.8 Å². The van der Waals surface area contributed by atoms with Crippen LogP contribution in [0.5, 0.6) is 0 Å². The molecule has 4 aromatic rings. The second-order valence-corrected chi connectivity index (χ2v) is 20.5. The van der Waals surface area contributed by atoms with Crippen molar-refractivity contribution in [3.05, 3.63) is 157 Å². The van der Waals surface area contributed by atoms with Crippen LogP contribution in [0.3, 0.4) is 0 Å². The topological polar surface area (TPSA) is 0 Å². The van der Waals surface area contributed by atoms with Crippen LogP contribution in [0, 0.1) is 13.8 Å². The van der Waals surface area contributed by atoms with E-state index in [2.05, 4.69) is 135 Å². The summed E-state index contributed by atoms with van der Waals surface area (Å²) < 4.78 is 0. The summed E-state index contributed by atoms with van der Waals surface area (Å²) in [6.07, 6.45) is 4.91. The van der Waals surface area contributed by atoms with Gasteiger partial charge in [-0.3, -0.25) is 0 Å². The minimum atomic E-state index is -2.21. The molecule has 0 N–H and O–H groups in total. The van der Waals surface area contributed by atoms with Gasteiger partial charge in [0.2, 0.25) is 0 Å². The molecule has 0 nitrogen and oxygen atoms in total. The van der Waals surface area contributed by atoms with E-state index in [4.69, 9.17) is 0 Å². The van der Waals surface area contributed by atoms with Crippen LogP contribution in [-0.4, -0.2) is 27.1 Å². The Kier molecular flexibility index (Phi) is 17.7. The van der Waals surface area contributed by atoms with E-state index in [0.29, 0.717) is 0 Å². The van der Waals surface area contributed by atoms with Gasteiger partial charge in [0, 0.05) is 84.5 Å². The van der Waals surface area contributed by atoms with Crippen molar-refractivity contribution in [2.24, 2.45) is 0 Å². The molecule has 0 aliphatic carbocycles. The van der Waals surface area contributed by atoms with E-state index >= 15 is 0 Å². The molecule has 0 spiro atoms. The van der Waals surface area contributed by atoms with Crippen molar-refractivity contribution in [2.75, 3.05) is 0 Å². The standard InChI is InChI=1S/C40H48Si3.2Y/c1-3-27-41-29-17-31-43(32-18-30-42-28-4-2)39(35-23-13-7-14-24-35)37(33-19-9-5-10-20-33)38(34-21-11-6-12-22-34)40(43)36-25-15-8-16-26-36;;/h5-16,19-26H,1-4,17-18,27-32,41-42H2;;/q-2;;. The Bertz CT molecular complexity index is 1350. The molecule has 0 aromatic heterocycles. The van der Waals surface area contributed by atoms with Crippen molar-refractivity contribution in [1.82, 2.24) is 0 Å². The van der Waals surface area contributed by atoms with E-state index in [0.717, 1.165) is 12.8 Å². The average Bonchev–Trinajstić information content (AvgIpc) is 3.37. The van der Waals surface area contributed by atoms with Crippen molar-refractivity contribution in [2.45, 2.75) is 61.9 Å². The maximum absolute atomic E-state index is 4.16. The largest absolute Gasteiger partial charge is 0.344 e. The summed E-state index contributed by atoms with van der Waals surface area (Å²) in [4.78, 5) is 0. The molecule has 0 bridgehead atoms. The van der Waals surface area contributed by atoms with Crippen LogP contribution >= 0.6 is 0 Å². The normalized spacial score (nSPS) is 14.4. The molecule has 45 heavy (non-hydrogen) atoms. The van der Waals surface area contributed by atoms with Gasteiger partial charge in [0.05, 0.1) is 0 Å². The zero-order valence-corrected chi connectivity index (χ0v) is 36.6. The Hall–Kier alpha value is -0.782. The zero-order valence-electron chi connectivity index (χ0n) is 27.1. The Labute approximate surface area is 329 Å². The Morgan fingerprint density at radius 2 is 0.733 bits per heavy atom. The zero-order chi connectivity index (χ0) is 29.7. The Balaban J connectivity index is 0.00000276. The molecule has 5 heteroatoms. The number of hydrogen-bond donors (Lipinski definition) is 0. The molecule has 4 aromatic carbocycles. The molecule has 0 unspecified atom stereocenters. The fraction of sp³-hybridized carbons (Fsp3) is 0.250. The molecule has 1 heterocycles. The Morgan fingerprint density at radius 3 is 1.04 bits per heavy atom. The first kappa shape index (κ1) is 38.7. The predicted octanol–water partition coefficient (Wildman–Crippen LogP) is 9.98. The molecule has 0 saturated carbocycles. The van der Waals surface area contributed by atoms with Crippen LogP contribution in [0.2, 0.25) is 36.3 Å². The molecule has 1 aliphatic rings. The van der Waals surface area contributed by atoms with Crippen LogP contribution in [0.15, 0.2) is 121 Å². The van der Waals surface area contributed by atoms with Gasteiger partial charge in [-0.15, -0.1) is 0 Å². The molecular formula is C40H48Si3Y2-2. The van der Waals surface area contributed by atoms with E-state index in [-0.39, 0.29) is 84.5 Å². The van der Waals surface area contributed by atoms with Crippen molar-refractivity contribution in [1.29, 1.82) is 0 Å². The number of allylic oxidation sites excluding steroid dienone is 2. The second kappa shape index (κ2) is 20.6. The summed E-state index contributed by atoms with van der Waals surface area (Å²) in [6, 6.07) is 54.0. The smallest absolute Gasteiger partial charge is 0.121 e. The maximum atomic E-state index is 4.16. The molecule has 5 rings (SSSR count). The maximum Gasteiger partial charge on any atom is 0.121 e. The Morgan fingerprint density at radius 1 is 0.422 bits per heavy atom. The third kappa shape index (κ3) is 9.65. The van der Waals surface area contributed by atoms with Gasteiger partial charge in [0.1, 0.15) is 8.07 Å². The van der Waals surface area contributed by atoms with E-state index in [1.165, 1.54) is 82.5 Å². The second-order valence-electron chi connectivity index (χ2n) is 12.1. The van der Waals surface area contributed by atoms with Crippen molar-refractivity contribution in [3.63, 3.8) is 0 Å². The van der Waals surface area contributed by atoms with Crippen LogP contribution in [0.25, 0.3) is 21.5 Å². The minimum Gasteiger partial charge on any atom is -0.344 e. The molecule has 2 radical (unpaired) electrons. The third-order valence-corrected chi connectivity index (χ3v) is 18.6. The molecular weight excluding hydrogens is 743 g/mol. The van der Waals surface area contributed by atoms with Gasteiger partial charge in [-0.05, 0) is 55.9 Å². The first-order valence-corrected chi connectivity index (χ1v) is 23.0. The van der Waals surface area contributed by atoms with E-state index in [9.17, 15) is 0 Å². The molecule has 1 aliphatic heterocycles. The van der Waals surface area contributed by atoms with Gasteiger partial charge in [0.15, 0.2) is 0 Å². The number of hydrogen-bond acceptors (Lipinski definition) is 0. The third-order valence-electron chi connectivity index (χ3n) is 9.16. The first-order chi connectivity index (χ1) is 21.3. The van der Waals surface area contributed by atoms with Crippen molar-refractivity contribution >= 4 is 48.7 Å². The van der Waals surface area contributed by atoms with Gasteiger partial charge < -0.3 is 13.8 Å². The fourth-order valence-electron chi connectivity index (χ4n) is 7.23. The fourth-order valence-corrected chi connectivity index (χ4v) is 17.0. The monoisotopic (exact) mass is 790 g/mol. The van der Waals surface area contributed by atoms with E-state index in [1.54, 1.807) is 10.4 Å².